The third-order valence-corrected chi connectivity index (χ3v) is 5.99. The number of nitrogens with one attached hydrogen (secondary N) is 1. The average molecular weight is 519 g/mol. The van der Waals surface area contributed by atoms with Crippen molar-refractivity contribution in [3.8, 4) is 12.3 Å². The van der Waals surface area contributed by atoms with E-state index in [0.29, 0.717) is 17.6 Å². The second-order valence-electron chi connectivity index (χ2n) is 8.13. The van der Waals surface area contributed by atoms with E-state index in [2.05, 4.69) is 16.3 Å². The lowest BCUT2D eigenvalue weighted by atomic mass is 10.1. The van der Waals surface area contributed by atoms with Gasteiger partial charge in [0.05, 0.1) is 21.8 Å². The number of terminal acetylenes is 1. The topological polar surface area (TPSA) is 106 Å². The number of nitrogens with zero attached hydrogens (tertiary/aromatic N) is 4. The maximum atomic E-state index is 14.9. The van der Waals surface area contributed by atoms with Gasteiger partial charge in [0.1, 0.15) is 6.04 Å². The Morgan fingerprint density at radius 2 is 1.97 bits per heavy atom. The molecular formula is C27H24ClFN6O2. The Bertz CT molecular complexity index is 1520. The lowest BCUT2D eigenvalue weighted by Gasteiger charge is -2.32. The summed E-state index contributed by atoms with van der Waals surface area (Å²) in [5.41, 5.74) is 9.17. The van der Waals surface area contributed by atoms with Crippen molar-refractivity contribution in [2.75, 3.05) is 18.5 Å². The molecule has 0 saturated heterocycles. The first-order valence-electron chi connectivity index (χ1n) is 11.5. The number of halogens is 2. The largest absolute Gasteiger partial charge is 0.330 e. The molecule has 0 aliphatic carbocycles. The summed E-state index contributed by atoms with van der Waals surface area (Å²) >= 11 is 5.95. The van der Waals surface area contributed by atoms with Gasteiger partial charge in [0.25, 0.3) is 11.5 Å². The van der Waals surface area contributed by atoms with E-state index < -0.39 is 23.3 Å². The molecule has 0 bridgehead atoms. The van der Waals surface area contributed by atoms with Gasteiger partial charge in [-0.1, -0.05) is 35.9 Å². The fraction of sp³-hybridized carbons (Fsp3) is 0.185. The predicted molar refractivity (Wildman–Crippen MR) is 142 cm³/mol. The van der Waals surface area contributed by atoms with Gasteiger partial charge in [-0.3, -0.25) is 15.0 Å². The Kier molecular flexibility index (Phi) is 8.13. The molecule has 0 spiro atoms. The van der Waals surface area contributed by atoms with Crippen LogP contribution in [0.25, 0.3) is 11.0 Å². The van der Waals surface area contributed by atoms with Crippen molar-refractivity contribution in [1.29, 1.82) is 0 Å². The number of carbonyl (C=O) groups excluding carboxylic acids is 1. The number of pyridine rings is 1. The van der Waals surface area contributed by atoms with Crippen molar-refractivity contribution in [2.24, 2.45) is 5.73 Å². The maximum absolute atomic E-state index is 14.9. The fourth-order valence-corrected chi connectivity index (χ4v) is 4.12. The standard InChI is InChI=1S/C27H24ClFN6O2/c1-2-9-22(34(17-8-15-30)26(36)19-12-6-13-20(28)23(19)29)25-32-21-14-7-16-31-24(21)27(37)35(25)33-18-10-4-3-5-11-18/h1,3-7,10-14,16,22,33H,8-9,15,17,30H2. The molecule has 8 nitrogen and oxygen atoms in total. The van der Waals surface area contributed by atoms with Crippen LogP contribution in [0.5, 0.6) is 0 Å². The van der Waals surface area contributed by atoms with E-state index in [4.69, 9.17) is 28.7 Å². The lowest BCUT2D eigenvalue weighted by Crippen LogP contribution is -2.42. The highest BCUT2D eigenvalue weighted by Gasteiger charge is 2.31. The van der Waals surface area contributed by atoms with Gasteiger partial charge in [-0.25, -0.2) is 19.0 Å². The van der Waals surface area contributed by atoms with Gasteiger partial charge in [0.2, 0.25) is 0 Å². The Morgan fingerprint density at radius 1 is 1.19 bits per heavy atom. The molecule has 4 aromatic rings. The number of para-hydroxylation sites is 1. The summed E-state index contributed by atoms with van der Waals surface area (Å²) in [4.78, 5) is 37.6. The lowest BCUT2D eigenvalue weighted by molar-refractivity contribution is 0.0661. The van der Waals surface area contributed by atoms with Crippen LogP contribution in [0.3, 0.4) is 0 Å². The Morgan fingerprint density at radius 3 is 2.70 bits per heavy atom. The van der Waals surface area contributed by atoms with Crippen LogP contribution in [-0.4, -0.2) is 38.5 Å². The molecule has 0 fully saturated rings. The van der Waals surface area contributed by atoms with Crippen molar-refractivity contribution >= 4 is 34.2 Å². The number of rotatable bonds is 9. The number of anilines is 1. The maximum Gasteiger partial charge on any atom is 0.298 e. The number of benzene rings is 2. The van der Waals surface area contributed by atoms with Crippen LogP contribution in [0.1, 0.15) is 35.1 Å². The van der Waals surface area contributed by atoms with Crippen molar-refractivity contribution in [2.45, 2.75) is 18.9 Å². The molecule has 188 valence electrons. The fourth-order valence-electron chi connectivity index (χ4n) is 3.95. The van der Waals surface area contributed by atoms with Gasteiger partial charge in [0.15, 0.2) is 17.2 Å². The zero-order chi connectivity index (χ0) is 26.4. The van der Waals surface area contributed by atoms with Crippen LogP contribution in [0.15, 0.2) is 71.7 Å². The summed E-state index contributed by atoms with van der Waals surface area (Å²) in [7, 11) is 0. The molecule has 1 amide bonds. The van der Waals surface area contributed by atoms with Crippen molar-refractivity contribution < 1.29 is 9.18 Å². The highest BCUT2D eigenvalue weighted by Crippen LogP contribution is 2.28. The highest BCUT2D eigenvalue weighted by molar-refractivity contribution is 6.31. The van der Waals surface area contributed by atoms with Gasteiger partial charge in [-0.15, -0.1) is 12.3 Å². The summed E-state index contributed by atoms with van der Waals surface area (Å²) < 4.78 is 16.1. The van der Waals surface area contributed by atoms with E-state index in [1.165, 1.54) is 34.0 Å². The SMILES string of the molecule is C#CCC(c1nc2cccnc2c(=O)n1Nc1ccccc1)N(CCCN)C(=O)c1cccc(Cl)c1F. The molecule has 0 radical (unpaired) electrons. The molecule has 4 rings (SSSR count). The van der Waals surface area contributed by atoms with Crippen LogP contribution in [0.2, 0.25) is 5.02 Å². The summed E-state index contributed by atoms with van der Waals surface area (Å²) in [6.45, 7) is 0.411. The quantitative estimate of drug-likeness (QED) is 0.324. The Labute approximate surface area is 217 Å². The van der Waals surface area contributed by atoms with Gasteiger partial charge < -0.3 is 10.6 Å². The zero-order valence-corrected chi connectivity index (χ0v) is 20.5. The van der Waals surface area contributed by atoms with E-state index in [1.54, 1.807) is 36.4 Å². The third-order valence-electron chi connectivity index (χ3n) is 5.70. The number of amides is 1. The summed E-state index contributed by atoms with van der Waals surface area (Å²) in [5, 5.41) is -0.185. The molecule has 1 atom stereocenters. The monoisotopic (exact) mass is 518 g/mol. The molecule has 3 N–H and O–H groups in total. The van der Waals surface area contributed by atoms with Gasteiger partial charge in [-0.05, 0) is 49.4 Å². The molecule has 0 aliphatic heterocycles. The van der Waals surface area contributed by atoms with Crippen LogP contribution in [0, 0.1) is 18.2 Å². The molecule has 2 aromatic carbocycles. The molecule has 2 aromatic heterocycles. The van der Waals surface area contributed by atoms with Gasteiger partial charge >= 0.3 is 0 Å². The first-order valence-corrected chi connectivity index (χ1v) is 11.9. The van der Waals surface area contributed by atoms with Crippen molar-refractivity contribution in [3.05, 3.63) is 99.4 Å². The smallest absolute Gasteiger partial charge is 0.298 e. The third kappa shape index (κ3) is 5.45. The number of hydrogen-bond donors (Lipinski definition) is 2. The predicted octanol–water partition coefficient (Wildman–Crippen LogP) is 4.01. The summed E-state index contributed by atoms with van der Waals surface area (Å²) in [5.74, 6) is 1.24. The molecule has 0 aliphatic rings. The molecule has 10 heteroatoms. The summed E-state index contributed by atoms with van der Waals surface area (Å²) in [6, 6.07) is 15.6. The number of carbonyl (C=O) groups is 1. The number of fused-ring (bicyclic) bond motifs is 1. The molecule has 37 heavy (non-hydrogen) atoms. The number of nitrogens with two attached hydrogens (primary N) is 1. The average Bonchev–Trinajstić information content (AvgIpc) is 2.92. The molecular weight excluding hydrogens is 495 g/mol. The van der Waals surface area contributed by atoms with Gasteiger partial charge in [0, 0.05) is 19.2 Å². The van der Waals surface area contributed by atoms with Gasteiger partial charge in [-0.2, -0.15) is 0 Å². The zero-order valence-electron chi connectivity index (χ0n) is 19.8. The Hall–Kier alpha value is -4.26. The Balaban J connectivity index is 1.92. The second kappa shape index (κ2) is 11.6. The van der Waals surface area contributed by atoms with Crippen LogP contribution in [-0.2, 0) is 0 Å². The highest BCUT2D eigenvalue weighted by atomic mass is 35.5. The van der Waals surface area contributed by atoms with Crippen molar-refractivity contribution in [1.82, 2.24) is 19.5 Å². The minimum atomic E-state index is -0.907. The molecule has 0 saturated carbocycles. The number of hydrogen-bond acceptors (Lipinski definition) is 6. The first-order chi connectivity index (χ1) is 18.0. The summed E-state index contributed by atoms with van der Waals surface area (Å²) in [6.07, 6.45) is 7.62. The normalized spacial score (nSPS) is 11.6. The van der Waals surface area contributed by atoms with Crippen LogP contribution >= 0.6 is 11.6 Å². The number of aromatic nitrogens is 3. The van der Waals surface area contributed by atoms with E-state index in [-0.39, 0.29) is 41.4 Å². The second-order valence-corrected chi connectivity index (χ2v) is 8.53. The molecule has 2 heterocycles. The minimum absolute atomic E-state index is 0.00677. The molecule has 1 unspecified atom stereocenters. The van der Waals surface area contributed by atoms with E-state index in [9.17, 15) is 14.0 Å². The van der Waals surface area contributed by atoms with Crippen LogP contribution < -0.4 is 16.7 Å². The van der Waals surface area contributed by atoms with Crippen molar-refractivity contribution in [3.63, 3.8) is 0 Å². The first kappa shape index (κ1) is 25.8. The van der Waals surface area contributed by atoms with E-state index in [1.807, 2.05) is 6.07 Å². The van der Waals surface area contributed by atoms with Crippen LogP contribution in [0.4, 0.5) is 10.1 Å². The van der Waals surface area contributed by atoms with E-state index in [0.717, 1.165) is 0 Å². The minimum Gasteiger partial charge on any atom is -0.330 e. The van der Waals surface area contributed by atoms with E-state index >= 15 is 0 Å².